The number of nitrogens with one attached hydrogen (secondary N) is 4. The van der Waals surface area contributed by atoms with Crippen molar-refractivity contribution in [2.45, 2.75) is 50.6 Å². The Bertz CT molecular complexity index is 1590. The van der Waals surface area contributed by atoms with Gasteiger partial charge in [0, 0.05) is 42.3 Å². The second-order valence-electron chi connectivity index (χ2n) is 11.3. The van der Waals surface area contributed by atoms with Crippen LogP contribution in [0.15, 0.2) is 59.4 Å². The number of pyridine rings is 1. The number of sulfone groups is 1. The second-order valence-corrected chi connectivity index (χ2v) is 13.3. The Labute approximate surface area is 228 Å². The van der Waals surface area contributed by atoms with Crippen LogP contribution in [0.25, 0.3) is 10.9 Å². The average Bonchev–Trinajstić information content (AvgIpc) is 3.61. The molecule has 1 aliphatic heterocycles. The second kappa shape index (κ2) is 10.0. The van der Waals surface area contributed by atoms with E-state index in [4.69, 9.17) is 0 Å². The fourth-order valence-electron chi connectivity index (χ4n) is 4.47. The normalized spacial score (nSPS) is 16.4. The van der Waals surface area contributed by atoms with Gasteiger partial charge in [0.25, 0.3) is 0 Å². The first-order chi connectivity index (χ1) is 18.4. The van der Waals surface area contributed by atoms with Crippen molar-refractivity contribution in [3.63, 3.8) is 0 Å². The van der Waals surface area contributed by atoms with Gasteiger partial charge in [0.15, 0.2) is 9.84 Å². The molecule has 0 bridgehead atoms. The van der Waals surface area contributed by atoms with Crippen molar-refractivity contribution in [1.82, 2.24) is 21.0 Å². The van der Waals surface area contributed by atoms with Crippen LogP contribution in [0, 0.1) is 22.6 Å². The maximum atomic E-state index is 13.8. The topological polar surface area (TPSA) is 122 Å². The monoisotopic (exact) mass is 549 g/mol. The lowest BCUT2D eigenvalue weighted by atomic mass is 9.96. The highest BCUT2D eigenvalue weighted by molar-refractivity contribution is 7.91. The first kappa shape index (κ1) is 26.7. The van der Waals surface area contributed by atoms with Gasteiger partial charge in [0.1, 0.15) is 11.9 Å². The first-order valence-electron chi connectivity index (χ1n) is 12.8. The molecular formula is C28H32FN7O2S. The molecule has 11 heteroatoms. The molecule has 1 atom stereocenters. The van der Waals surface area contributed by atoms with Gasteiger partial charge in [-0.25, -0.2) is 12.8 Å². The maximum Gasteiger partial charge on any atom is 0.177 e. The number of anilines is 2. The minimum Gasteiger partial charge on any atom is -0.383 e. The molecule has 2 heterocycles. The highest BCUT2D eigenvalue weighted by atomic mass is 32.2. The molecule has 1 aliphatic carbocycles. The SMILES string of the molecule is CC(C)(C)CNc1c(C#N)cnc2c(S(C)(=O)=O)cc(NC(C3=CN(C4CC4)NN3)c3ccc(F)cc3)cc12. The molecule has 0 radical (unpaired) electrons. The van der Waals surface area contributed by atoms with E-state index in [1.807, 2.05) is 11.2 Å². The Balaban J connectivity index is 1.64. The van der Waals surface area contributed by atoms with Crippen molar-refractivity contribution < 1.29 is 12.8 Å². The van der Waals surface area contributed by atoms with E-state index in [1.54, 1.807) is 24.3 Å². The number of aromatic nitrogens is 1. The summed E-state index contributed by atoms with van der Waals surface area (Å²) in [6.07, 6.45) is 6.70. The molecule has 204 valence electrons. The van der Waals surface area contributed by atoms with E-state index in [0.29, 0.717) is 34.9 Å². The summed E-state index contributed by atoms with van der Waals surface area (Å²) in [5, 5.41) is 19.2. The average molecular weight is 550 g/mol. The highest BCUT2D eigenvalue weighted by Gasteiger charge is 2.32. The number of nitrogens with zero attached hydrogens (tertiary/aromatic N) is 3. The molecule has 0 spiro atoms. The van der Waals surface area contributed by atoms with Gasteiger partial charge < -0.3 is 16.1 Å². The predicted molar refractivity (Wildman–Crippen MR) is 149 cm³/mol. The summed E-state index contributed by atoms with van der Waals surface area (Å²) >= 11 is 0. The lowest BCUT2D eigenvalue weighted by Gasteiger charge is -2.24. The van der Waals surface area contributed by atoms with Gasteiger partial charge in [-0.1, -0.05) is 32.9 Å². The third-order valence-corrected chi connectivity index (χ3v) is 7.74. The summed E-state index contributed by atoms with van der Waals surface area (Å²) in [4.78, 5) is 4.42. The van der Waals surface area contributed by atoms with E-state index in [2.05, 4.69) is 53.4 Å². The molecule has 1 saturated carbocycles. The molecule has 2 aliphatic rings. The van der Waals surface area contributed by atoms with Crippen molar-refractivity contribution >= 4 is 32.1 Å². The van der Waals surface area contributed by atoms with E-state index >= 15 is 0 Å². The predicted octanol–water partition coefficient (Wildman–Crippen LogP) is 4.59. The number of halogens is 1. The Morgan fingerprint density at radius 3 is 2.56 bits per heavy atom. The minimum absolute atomic E-state index is 0.0507. The summed E-state index contributed by atoms with van der Waals surface area (Å²) in [5.41, 5.74) is 9.51. The van der Waals surface area contributed by atoms with Crippen LogP contribution in [0.1, 0.15) is 50.8 Å². The molecule has 1 unspecified atom stereocenters. The molecule has 0 saturated heterocycles. The first-order valence-corrected chi connectivity index (χ1v) is 14.7. The smallest absolute Gasteiger partial charge is 0.177 e. The van der Waals surface area contributed by atoms with Crippen LogP contribution in [0.2, 0.25) is 0 Å². The Kier molecular flexibility index (Phi) is 6.86. The third kappa shape index (κ3) is 5.92. The Hall–Kier alpha value is -3.88. The van der Waals surface area contributed by atoms with Crippen molar-refractivity contribution in [3.8, 4) is 6.07 Å². The highest BCUT2D eigenvalue weighted by Crippen LogP contribution is 2.37. The fourth-order valence-corrected chi connectivity index (χ4v) is 5.32. The van der Waals surface area contributed by atoms with Crippen LogP contribution in [0.4, 0.5) is 15.8 Å². The number of hydrazine groups is 2. The van der Waals surface area contributed by atoms with E-state index < -0.39 is 15.9 Å². The summed E-state index contributed by atoms with van der Waals surface area (Å²) in [6, 6.07) is 11.7. The number of hydrogen-bond acceptors (Lipinski definition) is 9. The van der Waals surface area contributed by atoms with Gasteiger partial charge in [-0.05, 0) is 48.1 Å². The lowest BCUT2D eigenvalue weighted by molar-refractivity contribution is 0.260. The van der Waals surface area contributed by atoms with Gasteiger partial charge in [0.2, 0.25) is 0 Å². The summed E-state index contributed by atoms with van der Waals surface area (Å²) in [7, 11) is -3.68. The third-order valence-electron chi connectivity index (χ3n) is 6.62. The van der Waals surface area contributed by atoms with Crippen molar-refractivity contribution in [1.29, 1.82) is 5.26 Å². The Morgan fingerprint density at radius 1 is 1.23 bits per heavy atom. The summed E-state index contributed by atoms with van der Waals surface area (Å²) < 4.78 is 39.6. The van der Waals surface area contributed by atoms with Crippen LogP contribution >= 0.6 is 0 Å². The van der Waals surface area contributed by atoms with Gasteiger partial charge in [0.05, 0.1) is 33.4 Å². The van der Waals surface area contributed by atoms with Gasteiger partial charge >= 0.3 is 0 Å². The van der Waals surface area contributed by atoms with Crippen LogP contribution in [-0.4, -0.2) is 37.3 Å². The van der Waals surface area contributed by atoms with Crippen molar-refractivity contribution in [2.75, 3.05) is 23.4 Å². The molecular weight excluding hydrogens is 517 g/mol. The summed E-state index contributed by atoms with van der Waals surface area (Å²) in [5.74, 6) is -0.349. The molecule has 9 nitrogen and oxygen atoms in total. The van der Waals surface area contributed by atoms with Gasteiger partial charge in [-0.15, -0.1) is 5.53 Å². The minimum atomic E-state index is -3.68. The van der Waals surface area contributed by atoms with Crippen LogP contribution < -0.4 is 21.6 Å². The molecule has 5 rings (SSSR count). The molecule has 4 N–H and O–H groups in total. The van der Waals surface area contributed by atoms with Crippen LogP contribution in [-0.2, 0) is 9.84 Å². The number of fused-ring (bicyclic) bond motifs is 1. The van der Waals surface area contributed by atoms with Gasteiger partial charge in [-0.3, -0.25) is 9.99 Å². The van der Waals surface area contributed by atoms with Crippen molar-refractivity contribution in [3.05, 3.63) is 71.4 Å². The van der Waals surface area contributed by atoms with Crippen LogP contribution in [0.3, 0.4) is 0 Å². The van der Waals surface area contributed by atoms with E-state index in [0.717, 1.165) is 30.4 Å². The zero-order valence-electron chi connectivity index (χ0n) is 22.3. The summed E-state index contributed by atoms with van der Waals surface area (Å²) in [6.45, 7) is 6.76. The van der Waals surface area contributed by atoms with E-state index in [1.165, 1.54) is 18.3 Å². The molecule has 2 aromatic carbocycles. The number of rotatable bonds is 8. The number of hydrogen-bond donors (Lipinski definition) is 4. The van der Waals surface area contributed by atoms with Crippen molar-refractivity contribution in [2.24, 2.45) is 5.41 Å². The molecule has 39 heavy (non-hydrogen) atoms. The largest absolute Gasteiger partial charge is 0.383 e. The molecule has 0 amide bonds. The van der Waals surface area contributed by atoms with E-state index in [-0.39, 0.29) is 21.6 Å². The number of nitriles is 1. The zero-order chi connectivity index (χ0) is 27.9. The molecule has 3 aromatic rings. The van der Waals surface area contributed by atoms with E-state index in [9.17, 15) is 18.1 Å². The zero-order valence-corrected chi connectivity index (χ0v) is 23.2. The number of benzene rings is 2. The molecule has 1 fully saturated rings. The Morgan fingerprint density at radius 2 is 1.95 bits per heavy atom. The standard InChI is InChI=1S/C28H32FN7O2S/c1-28(2,3)16-32-25-18(13-30)14-31-27-22(25)11-20(12-24(27)39(4,37)38)33-26(17-5-7-19(29)8-6-17)23-15-36(35-34-23)21-9-10-21/h5-8,11-12,14-15,21,26,33-35H,9-10,16H2,1-4H3,(H,31,32). The van der Waals surface area contributed by atoms with Crippen LogP contribution in [0.5, 0.6) is 0 Å². The fraction of sp³-hybridized carbons (Fsp3) is 0.357. The van der Waals surface area contributed by atoms with Gasteiger partial charge in [-0.2, -0.15) is 5.26 Å². The molecule has 1 aromatic heterocycles. The lowest BCUT2D eigenvalue weighted by Crippen LogP contribution is -2.38. The quantitative estimate of drug-likeness (QED) is 0.320. The maximum absolute atomic E-state index is 13.8.